The second-order valence-corrected chi connectivity index (χ2v) is 4.25. The van der Waals surface area contributed by atoms with E-state index in [2.05, 4.69) is 9.97 Å². The van der Waals surface area contributed by atoms with Gasteiger partial charge in [0, 0.05) is 30.9 Å². The third-order valence-corrected chi connectivity index (χ3v) is 3.10. The van der Waals surface area contributed by atoms with Crippen molar-refractivity contribution in [3.05, 3.63) is 42.0 Å². The van der Waals surface area contributed by atoms with Crippen molar-refractivity contribution in [2.45, 2.75) is 6.54 Å². The van der Waals surface area contributed by atoms with E-state index in [1.807, 2.05) is 17.7 Å². The molecule has 5 heteroatoms. The van der Waals surface area contributed by atoms with Crippen LogP contribution in [0.15, 0.2) is 30.5 Å². The third kappa shape index (κ3) is 1.60. The van der Waals surface area contributed by atoms with E-state index in [9.17, 15) is 4.39 Å². The quantitative estimate of drug-likeness (QED) is 0.725. The summed E-state index contributed by atoms with van der Waals surface area (Å²) in [6.07, 6.45) is 1.72. The molecule has 0 spiro atoms. The maximum atomic E-state index is 13.2. The lowest BCUT2D eigenvalue weighted by atomic mass is 10.2. The second-order valence-electron chi connectivity index (χ2n) is 4.25. The number of fused-ring (bicyclic) bond motifs is 1. The predicted molar refractivity (Wildman–Crippen MR) is 68.4 cm³/mol. The van der Waals surface area contributed by atoms with Crippen LogP contribution in [0.5, 0.6) is 0 Å². The van der Waals surface area contributed by atoms with Crippen LogP contribution in [0.1, 0.15) is 5.69 Å². The summed E-state index contributed by atoms with van der Waals surface area (Å²) >= 11 is 0. The van der Waals surface area contributed by atoms with Crippen LogP contribution in [-0.2, 0) is 13.6 Å². The van der Waals surface area contributed by atoms with Crippen LogP contribution in [-0.4, -0.2) is 14.5 Å². The molecule has 3 aromatic rings. The molecule has 0 unspecified atom stereocenters. The van der Waals surface area contributed by atoms with Gasteiger partial charge in [-0.05, 0) is 24.3 Å². The van der Waals surface area contributed by atoms with Crippen molar-refractivity contribution in [3.63, 3.8) is 0 Å². The number of aromatic nitrogens is 3. The fraction of sp³-hybridized carbons (Fsp3) is 0.154. The summed E-state index contributed by atoms with van der Waals surface area (Å²) in [5, 5.41) is 0.986. The number of hydrogen-bond acceptors (Lipinski definition) is 2. The number of aryl methyl sites for hydroxylation is 1. The minimum absolute atomic E-state index is 0.239. The van der Waals surface area contributed by atoms with E-state index in [-0.39, 0.29) is 5.82 Å². The highest BCUT2D eigenvalue weighted by molar-refractivity contribution is 5.85. The Morgan fingerprint density at radius 2 is 2.22 bits per heavy atom. The van der Waals surface area contributed by atoms with Crippen LogP contribution in [0, 0.1) is 5.82 Å². The lowest BCUT2D eigenvalue weighted by Gasteiger charge is -2.01. The molecule has 0 saturated heterocycles. The highest BCUT2D eigenvalue weighted by Crippen LogP contribution is 2.25. The van der Waals surface area contributed by atoms with E-state index in [1.54, 1.807) is 12.3 Å². The number of nitrogens with zero attached hydrogens (tertiary/aromatic N) is 2. The van der Waals surface area contributed by atoms with Gasteiger partial charge in [-0.25, -0.2) is 9.37 Å². The predicted octanol–water partition coefficient (Wildman–Crippen LogP) is 2.17. The summed E-state index contributed by atoms with van der Waals surface area (Å²) in [6, 6.07) is 6.72. The largest absolute Gasteiger partial charge is 0.341 e. The average Bonchev–Trinajstić information content (AvgIpc) is 2.95. The Kier molecular flexibility index (Phi) is 2.41. The van der Waals surface area contributed by atoms with Gasteiger partial charge in [-0.2, -0.15) is 0 Å². The zero-order valence-electron chi connectivity index (χ0n) is 9.94. The lowest BCUT2D eigenvalue weighted by Crippen LogP contribution is -1.96. The molecule has 4 nitrogen and oxygen atoms in total. The molecule has 0 aliphatic carbocycles. The molecule has 0 bridgehead atoms. The molecule has 3 rings (SSSR count). The minimum Gasteiger partial charge on any atom is -0.341 e. The van der Waals surface area contributed by atoms with Crippen LogP contribution in [0.2, 0.25) is 0 Å². The number of benzene rings is 1. The summed E-state index contributed by atoms with van der Waals surface area (Å²) in [4.78, 5) is 7.43. The zero-order chi connectivity index (χ0) is 12.7. The molecule has 0 amide bonds. The Morgan fingerprint density at radius 1 is 1.39 bits per heavy atom. The molecule has 3 N–H and O–H groups in total. The van der Waals surface area contributed by atoms with Crippen molar-refractivity contribution in [1.29, 1.82) is 0 Å². The first-order valence-electron chi connectivity index (χ1n) is 5.68. The fourth-order valence-electron chi connectivity index (χ4n) is 2.12. The van der Waals surface area contributed by atoms with Crippen LogP contribution in [0.4, 0.5) is 4.39 Å². The number of halogens is 1. The first-order valence-corrected chi connectivity index (χ1v) is 5.68. The number of nitrogens with one attached hydrogen (secondary N) is 1. The van der Waals surface area contributed by atoms with E-state index in [4.69, 9.17) is 5.73 Å². The molecule has 0 fully saturated rings. The molecule has 0 aliphatic rings. The first-order chi connectivity index (χ1) is 8.69. The summed E-state index contributed by atoms with van der Waals surface area (Å²) in [5.41, 5.74) is 8.18. The first kappa shape index (κ1) is 11.0. The van der Waals surface area contributed by atoms with Gasteiger partial charge in [0.2, 0.25) is 0 Å². The van der Waals surface area contributed by atoms with E-state index in [0.29, 0.717) is 6.54 Å². The Morgan fingerprint density at radius 3 is 2.94 bits per heavy atom. The molecule has 2 aromatic heterocycles. The number of aromatic amines is 1. The van der Waals surface area contributed by atoms with Gasteiger partial charge in [0.05, 0.1) is 11.2 Å². The molecule has 92 valence electrons. The van der Waals surface area contributed by atoms with Gasteiger partial charge in [0.15, 0.2) is 5.82 Å². The zero-order valence-corrected chi connectivity index (χ0v) is 9.94. The van der Waals surface area contributed by atoms with Gasteiger partial charge in [-0.1, -0.05) is 0 Å². The Bertz CT molecular complexity index is 711. The Labute approximate surface area is 103 Å². The smallest absolute Gasteiger partial charge is 0.154 e. The molecule has 1 aromatic carbocycles. The molecular weight excluding hydrogens is 231 g/mol. The molecule has 0 atom stereocenters. The van der Waals surface area contributed by atoms with Gasteiger partial charge in [0.25, 0.3) is 0 Å². The van der Waals surface area contributed by atoms with Gasteiger partial charge < -0.3 is 15.3 Å². The van der Waals surface area contributed by atoms with Crippen molar-refractivity contribution in [2.24, 2.45) is 12.8 Å². The number of rotatable bonds is 2. The summed E-state index contributed by atoms with van der Waals surface area (Å²) in [7, 11) is 1.89. The third-order valence-electron chi connectivity index (χ3n) is 3.10. The van der Waals surface area contributed by atoms with Gasteiger partial charge in [-0.3, -0.25) is 0 Å². The fourth-order valence-corrected chi connectivity index (χ4v) is 2.12. The Balaban J connectivity index is 2.20. The molecule has 0 saturated carbocycles. The van der Waals surface area contributed by atoms with Crippen LogP contribution >= 0.6 is 0 Å². The van der Waals surface area contributed by atoms with E-state index >= 15 is 0 Å². The SMILES string of the molecule is Cn1c(-c2ncc(CN)[nH]2)cc2ccc(F)cc21. The van der Waals surface area contributed by atoms with E-state index in [1.165, 1.54) is 12.1 Å². The number of imidazole rings is 1. The van der Waals surface area contributed by atoms with Crippen molar-refractivity contribution >= 4 is 10.9 Å². The number of hydrogen-bond donors (Lipinski definition) is 2. The number of H-pyrrole nitrogens is 1. The highest BCUT2D eigenvalue weighted by atomic mass is 19.1. The monoisotopic (exact) mass is 244 g/mol. The van der Waals surface area contributed by atoms with E-state index in [0.717, 1.165) is 28.1 Å². The molecular formula is C13H13FN4. The maximum Gasteiger partial charge on any atom is 0.154 e. The summed E-state index contributed by atoms with van der Waals surface area (Å²) in [6.45, 7) is 0.422. The van der Waals surface area contributed by atoms with Crippen LogP contribution in [0.25, 0.3) is 22.4 Å². The average molecular weight is 244 g/mol. The summed E-state index contributed by atoms with van der Waals surface area (Å²) < 4.78 is 15.1. The molecule has 0 radical (unpaired) electrons. The van der Waals surface area contributed by atoms with Crippen molar-refractivity contribution < 1.29 is 4.39 Å². The van der Waals surface area contributed by atoms with Gasteiger partial charge in [0.1, 0.15) is 5.82 Å². The minimum atomic E-state index is -0.239. The van der Waals surface area contributed by atoms with Gasteiger partial charge >= 0.3 is 0 Å². The standard InChI is InChI=1S/C13H13FN4/c1-18-11-5-9(14)3-2-8(11)4-12(18)13-16-7-10(6-15)17-13/h2-5,7H,6,15H2,1H3,(H,16,17). The van der Waals surface area contributed by atoms with E-state index < -0.39 is 0 Å². The van der Waals surface area contributed by atoms with Crippen LogP contribution in [0.3, 0.4) is 0 Å². The molecule has 18 heavy (non-hydrogen) atoms. The maximum absolute atomic E-state index is 13.2. The number of nitrogens with two attached hydrogens (primary N) is 1. The second kappa shape index (κ2) is 3.96. The topological polar surface area (TPSA) is 59.6 Å². The lowest BCUT2D eigenvalue weighted by molar-refractivity contribution is 0.629. The van der Waals surface area contributed by atoms with Gasteiger partial charge in [-0.15, -0.1) is 0 Å². The summed E-state index contributed by atoms with van der Waals surface area (Å²) in [5.74, 6) is 0.506. The molecule has 0 aliphatic heterocycles. The van der Waals surface area contributed by atoms with Crippen molar-refractivity contribution in [2.75, 3.05) is 0 Å². The van der Waals surface area contributed by atoms with Crippen molar-refractivity contribution in [3.8, 4) is 11.5 Å². The molecule has 2 heterocycles. The normalized spacial score (nSPS) is 11.3. The van der Waals surface area contributed by atoms with Crippen molar-refractivity contribution in [1.82, 2.24) is 14.5 Å². The highest BCUT2D eigenvalue weighted by Gasteiger charge is 2.11. The Hall–Kier alpha value is -2.14. The van der Waals surface area contributed by atoms with Crippen LogP contribution < -0.4 is 5.73 Å².